The summed E-state index contributed by atoms with van der Waals surface area (Å²) in [6.07, 6.45) is -0.650. The summed E-state index contributed by atoms with van der Waals surface area (Å²) in [6.45, 7) is 5.57. The van der Waals surface area contributed by atoms with E-state index in [1.54, 1.807) is 6.92 Å². The number of hydrogen-bond donors (Lipinski definition) is 2. The van der Waals surface area contributed by atoms with Gasteiger partial charge in [-0.1, -0.05) is 0 Å². The second-order valence-electron chi connectivity index (χ2n) is 3.35. The molecule has 0 aromatic heterocycles. The van der Waals surface area contributed by atoms with E-state index in [1.165, 1.54) is 0 Å². The quantitative estimate of drug-likeness (QED) is 0.492. The Labute approximate surface area is 83.4 Å². The molecule has 0 heterocycles. The highest BCUT2D eigenvalue weighted by Crippen LogP contribution is 1.96. The van der Waals surface area contributed by atoms with Gasteiger partial charge in [0, 0.05) is 6.04 Å². The maximum Gasteiger partial charge on any atom is 0.307 e. The van der Waals surface area contributed by atoms with Gasteiger partial charge in [0.15, 0.2) is 6.23 Å². The maximum atomic E-state index is 11.0. The van der Waals surface area contributed by atoms with E-state index in [0.717, 1.165) is 0 Å². The number of esters is 1. The van der Waals surface area contributed by atoms with Gasteiger partial charge < -0.3 is 9.84 Å². The molecular formula is C9H17NO4. The van der Waals surface area contributed by atoms with Gasteiger partial charge in [-0.05, 0) is 20.8 Å². The lowest BCUT2D eigenvalue weighted by atomic mass is 10.3. The van der Waals surface area contributed by atoms with Gasteiger partial charge in [-0.3, -0.25) is 14.9 Å². The summed E-state index contributed by atoms with van der Waals surface area (Å²) < 4.78 is 4.90. The van der Waals surface area contributed by atoms with Crippen molar-refractivity contribution in [2.24, 2.45) is 0 Å². The fourth-order valence-electron chi connectivity index (χ4n) is 0.969. The molecule has 1 unspecified atom stereocenters. The van der Waals surface area contributed by atoms with E-state index >= 15 is 0 Å². The van der Waals surface area contributed by atoms with Gasteiger partial charge in [0.25, 0.3) is 0 Å². The van der Waals surface area contributed by atoms with Crippen LogP contribution in [-0.2, 0) is 14.3 Å². The molecule has 0 amide bonds. The predicted molar refractivity (Wildman–Crippen MR) is 50.7 cm³/mol. The van der Waals surface area contributed by atoms with E-state index in [0.29, 0.717) is 0 Å². The molecule has 0 fully saturated rings. The third-order valence-corrected chi connectivity index (χ3v) is 1.42. The molecule has 0 aliphatic rings. The highest BCUT2D eigenvalue weighted by Gasteiger charge is 2.11. The first kappa shape index (κ1) is 12.9. The van der Waals surface area contributed by atoms with Crippen LogP contribution in [0.2, 0.25) is 0 Å². The lowest BCUT2D eigenvalue weighted by Gasteiger charge is -2.17. The highest BCUT2D eigenvalue weighted by molar-refractivity contribution is 5.76. The lowest BCUT2D eigenvalue weighted by Crippen LogP contribution is -2.36. The van der Waals surface area contributed by atoms with Crippen molar-refractivity contribution in [1.82, 2.24) is 5.32 Å². The molecule has 5 nitrogen and oxygen atoms in total. The van der Waals surface area contributed by atoms with Crippen molar-refractivity contribution in [1.29, 1.82) is 0 Å². The number of nitrogens with one attached hydrogen (secondary N) is 1. The van der Waals surface area contributed by atoms with Gasteiger partial charge in [0.2, 0.25) is 0 Å². The number of rotatable bonds is 6. The van der Waals surface area contributed by atoms with Gasteiger partial charge in [0.05, 0.1) is 12.8 Å². The van der Waals surface area contributed by atoms with Crippen LogP contribution in [0.5, 0.6) is 0 Å². The van der Waals surface area contributed by atoms with Crippen molar-refractivity contribution in [3.8, 4) is 0 Å². The van der Waals surface area contributed by atoms with Gasteiger partial charge in [-0.2, -0.15) is 0 Å². The molecule has 0 aliphatic heterocycles. The summed E-state index contributed by atoms with van der Waals surface area (Å²) in [5, 5.41) is 11.3. The fraction of sp³-hybridized carbons (Fsp3) is 0.778. The van der Waals surface area contributed by atoms with E-state index in [1.807, 2.05) is 13.8 Å². The van der Waals surface area contributed by atoms with E-state index in [-0.39, 0.29) is 25.1 Å². The lowest BCUT2D eigenvalue weighted by molar-refractivity contribution is -0.152. The zero-order chi connectivity index (χ0) is 11.1. The Morgan fingerprint density at radius 2 is 1.86 bits per heavy atom. The molecule has 2 N–H and O–H groups in total. The summed E-state index contributed by atoms with van der Waals surface area (Å²) in [4.78, 5) is 21.2. The summed E-state index contributed by atoms with van der Waals surface area (Å²) >= 11 is 0. The number of hydrogen-bond acceptors (Lipinski definition) is 4. The van der Waals surface area contributed by atoms with Crippen LogP contribution in [-0.4, -0.2) is 29.3 Å². The molecule has 0 aromatic rings. The number of carboxylic acid groups (broad SMARTS) is 1. The predicted octanol–water partition coefficient (Wildman–Crippen LogP) is 0.738. The summed E-state index contributed by atoms with van der Waals surface area (Å²) in [6, 6.07) is 0.220. The number of aliphatic carboxylic acids is 1. The maximum absolute atomic E-state index is 11.0. The zero-order valence-corrected chi connectivity index (χ0v) is 8.74. The van der Waals surface area contributed by atoms with Gasteiger partial charge in [-0.25, -0.2) is 0 Å². The molecule has 14 heavy (non-hydrogen) atoms. The Morgan fingerprint density at radius 3 is 2.29 bits per heavy atom. The molecule has 1 atom stereocenters. The third kappa shape index (κ3) is 7.54. The summed E-state index contributed by atoms with van der Waals surface area (Å²) in [5.74, 6) is -1.49. The second kappa shape index (κ2) is 6.37. The zero-order valence-electron chi connectivity index (χ0n) is 8.74. The van der Waals surface area contributed by atoms with Gasteiger partial charge >= 0.3 is 11.9 Å². The van der Waals surface area contributed by atoms with Crippen LogP contribution in [0, 0.1) is 0 Å². The number of carboxylic acids is 1. The summed E-state index contributed by atoms with van der Waals surface area (Å²) in [7, 11) is 0. The molecule has 0 spiro atoms. The van der Waals surface area contributed by atoms with Crippen LogP contribution in [0.1, 0.15) is 33.6 Å². The van der Waals surface area contributed by atoms with Crippen LogP contribution < -0.4 is 5.32 Å². The topological polar surface area (TPSA) is 75.6 Å². The Morgan fingerprint density at radius 1 is 1.29 bits per heavy atom. The van der Waals surface area contributed by atoms with E-state index in [9.17, 15) is 9.59 Å². The molecule has 0 saturated carbocycles. The van der Waals surface area contributed by atoms with Crippen LogP contribution in [0.15, 0.2) is 0 Å². The monoisotopic (exact) mass is 203 g/mol. The molecule has 0 rings (SSSR count). The SMILES string of the molecule is CC(C)NC(C)OC(=O)CCC(=O)O. The van der Waals surface area contributed by atoms with E-state index in [4.69, 9.17) is 9.84 Å². The molecule has 0 aliphatic carbocycles. The van der Waals surface area contributed by atoms with E-state index in [2.05, 4.69) is 5.32 Å². The highest BCUT2D eigenvalue weighted by atomic mass is 16.6. The smallest absolute Gasteiger partial charge is 0.307 e. The van der Waals surface area contributed by atoms with Crippen molar-refractivity contribution in [3.63, 3.8) is 0 Å². The van der Waals surface area contributed by atoms with Crippen molar-refractivity contribution >= 4 is 11.9 Å². The van der Waals surface area contributed by atoms with Crippen molar-refractivity contribution in [2.45, 2.75) is 45.9 Å². The van der Waals surface area contributed by atoms with Crippen LogP contribution in [0.4, 0.5) is 0 Å². The first-order valence-electron chi connectivity index (χ1n) is 4.59. The number of carbonyl (C=O) groups excluding carboxylic acids is 1. The third-order valence-electron chi connectivity index (χ3n) is 1.42. The normalized spacial score (nSPS) is 12.6. The largest absolute Gasteiger partial charge is 0.481 e. The molecular weight excluding hydrogens is 186 g/mol. The minimum Gasteiger partial charge on any atom is -0.481 e. The molecule has 0 radical (unpaired) electrons. The minimum absolute atomic E-state index is 0.0839. The Bertz CT molecular complexity index is 203. The second-order valence-corrected chi connectivity index (χ2v) is 3.35. The Hall–Kier alpha value is -1.10. The van der Waals surface area contributed by atoms with Crippen molar-refractivity contribution < 1.29 is 19.4 Å². The Balaban J connectivity index is 3.65. The first-order chi connectivity index (χ1) is 6.41. The van der Waals surface area contributed by atoms with Crippen LogP contribution >= 0.6 is 0 Å². The fourth-order valence-corrected chi connectivity index (χ4v) is 0.969. The average Bonchev–Trinajstić information content (AvgIpc) is 1.98. The van der Waals surface area contributed by atoms with Crippen molar-refractivity contribution in [3.05, 3.63) is 0 Å². The Kier molecular flexibility index (Phi) is 5.87. The molecule has 0 aromatic carbocycles. The number of ether oxygens (including phenoxy) is 1. The average molecular weight is 203 g/mol. The van der Waals surface area contributed by atoms with Crippen LogP contribution in [0.3, 0.4) is 0 Å². The minimum atomic E-state index is -0.994. The van der Waals surface area contributed by atoms with Gasteiger partial charge in [0.1, 0.15) is 0 Å². The van der Waals surface area contributed by atoms with Crippen molar-refractivity contribution in [2.75, 3.05) is 0 Å². The van der Waals surface area contributed by atoms with Gasteiger partial charge in [-0.15, -0.1) is 0 Å². The molecule has 0 bridgehead atoms. The van der Waals surface area contributed by atoms with E-state index < -0.39 is 11.9 Å². The molecule has 0 saturated heterocycles. The van der Waals surface area contributed by atoms with Crippen LogP contribution in [0.25, 0.3) is 0 Å². The standard InChI is InChI=1S/C9H17NO4/c1-6(2)10-7(3)14-9(13)5-4-8(11)12/h6-7,10H,4-5H2,1-3H3,(H,11,12). The first-order valence-corrected chi connectivity index (χ1v) is 4.59. The summed E-state index contributed by atoms with van der Waals surface area (Å²) in [5.41, 5.74) is 0. The number of carbonyl (C=O) groups is 2. The molecule has 5 heteroatoms. The molecule has 82 valence electrons.